The molecule has 31 heavy (non-hydrogen) atoms. The second-order valence-corrected chi connectivity index (χ2v) is 10.1. The van der Waals surface area contributed by atoms with Crippen molar-refractivity contribution in [3.63, 3.8) is 0 Å². The van der Waals surface area contributed by atoms with Gasteiger partial charge in [0.1, 0.15) is 11.1 Å². The third-order valence-electron chi connectivity index (χ3n) is 5.00. The maximum Gasteiger partial charge on any atom is 0.408 e. The Morgan fingerprint density at radius 1 is 1.19 bits per heavy atom. The number of nitrogens with zero attached hydrogens (tertiary/aromatic N) is 2. The SMILES string of the molecule is CSc1nnc(C(=O)[C@H](CC(C)C)NC(=O)C2(NC(=O)OC(C)(C)C)CCCCC2)o1.[HH].[HH]. The van der Waals surface area contributed by atoms with Crippen LogP contribution in [-0.2, 0) is 9.53 Å². The van der Waals surface area contributed by atoms with Crippen LogP contribution in [0.1, 0.15) is 86.7 Å². The second-order valence-electron chi connectivity index (χ2n) is 9.37. The third-order valence-corrected chi connectivity index (χ3v) is 5.52. The lowest BCUT2D eigenvalue weighted by molar-refractivity contribution is -0.129. The Bertz CT molecular complexity index is 792. The lowest BCUT2D eigenvalue weighted by Crippen LogP contribution is -2.62. The molecule has 0 aromatic carbocycles. The van der Waals surface area contributed by atoms with E-state index in [0.29, 0.717) is 19.3 Å². The van der Waals surface area contributed by atoms with Crippen molar-refractivity contribution < 1.29 is 26.4 Å². The van der Waals surface area contributed by atoms with Gasteiger partial charge in [0.2, 0.25) is 11.7 Å². The van der Waals surface area contributed by atoms with E-state index >= 15 is 0 Å². The van der Waals surface area contributed by atoms with Gasteiger partial charge >= 0.3 is 6.09 Å². The van der Waals surface area contributed by atoms with Gasteiger partial charge in [-0.3, -0.25) is 9.59 Å². The molecule has 1 aliphatic rings. The van der Waals surface area contributed by atoms with Crippen LogP contribution < -0.4 is 10.6 Å². The van der Waals surface area contributed by atoms with Crippen LogP contribution in [0, 0.1) is 5.92 Å². The highest BCUT2D eigenvalue weighted by atomic mass is 32.2. The first kappa shape index (κ1) is 25.2. The van der Waals surface area contributed by atoms with E-state index in [1.54, 1.807) is 27.0 Å². The summed E-state index contributed by atoms with van der Waals surface area (Å²) < 4.78 is 10.8. The molecule has 0 bridgehead atoms. The van der Waals surface area contributed by atoms with Gasteiger partial charge in [-0.25, -0.2) is 4.79 Å². The van der Waals surface area contributed by atoms with Gasteiger partial charge < -0.3 is 19.8 Å². The highest BCUT2D eigenvalue weighted by Crippen LogP contribution is 2.29. The Kier molecular flexibility index (Phi) is 8.50. The largest absolute Gasteiger partial charge is 0.444 e. The van der Waals surface area contributed by atoms with Gasteiger partial charge in [-0.05, 0) is 52.2 Å². The zero-order valence-corrected chi connectivity index (χ0v) is 20.1. The fourth-order valence-corrected chi connectivity index (χ4v) is 3.89. The van der Waals surface area contributed by atoms with E-state index < -0.39 is 29.1 Å². The van der Waals surface area contributed by atoms with E-state index in [0.717, 1.165) is 19.3 Å². The molecule has 178 valence electrons. The van der Waals surface area contributed by atoms with Crippen LogP contribution in [0.2, 0.25) is 0 Å². The number of rotatable bonds is 8. The molecule has 1 saturated carbocycles. The van der Waals surface area contributed by atoms with Gasteiger partial charge in [-0.1, -0.05) is 44.9 Å². The summed E-state index contributed by atoms with van der Waals surface area (Å²) in [5.74, 6) is -0.814. The molecular weight excluding hydrogens is 420 g/mol. The highest BCUT2D eigenvalue weighted by molar-refractivity contribution is 7.98. The summed E-state index contributed by atoms with van der Waals surface area (Å²) in [5, 5.41) is 13.6. The van der Waals surface area contributed by atoms with Gasteiger partial charge in [-0.15, -0.1) is 10.2 Å². The van der Waals surface area contributed by atoms with E-state index in [-0.39, 0.29) is 25.8 Å². The number of hydrogen-bond donors (Lipinski definition) is 2. The Morgan fingerprint density at radius 2 is 1.84 bits per heavy atom. The van der Waals surface area contributed by atoms with Crippen molar-refractivity contribution in [2.45, 2.75) is 95.5 Å². The number of carbonyl (C=O) groups excluding carboxylic acids is 3. The summed E-state index contributed by atoms with van der Waals surface area (Å²) in [6, 6.07) is -0.832. The molecule has 2 amide bonds. The van der Waals surface area contributed by atoms with Crippen molar-refractivity contribution in [2.24, 2.45) is 5.92 Å². The van der Waals surface area contributed by atoms with Gasteiger partial charge in [0.05, 0.1) is 6.04 Å². The second kappa shape index (κ2) is 10.5. The minimum absolute atomic E-state index is 0. The Labute approximate surface area is 190 Å². The zero-order valence-electron chi connectivity index (χ0n) is 19.2. The van der Waals surface area contributed by atoms with E-state index in [2.05, 4.69) is 20.8 Å². The number of nitrogens with one attached hydrogen (secondary N) is 2. The minimum Gasteiger partial charge on any atom is -0.444 e. The number of alkyl carbamates (subject to hydrolysis) is 1. The molecule has 9 nitrogen and oxygen atoms in total. The van der Waals surface area contributed by atoms with Crippen molar-refractivity contribution in [3.05, 3.63) is 5.89 Å². The lowest BCUT2D eigenvalue weighted by atomic mass is 9.80. The average Bonchev–Trinajstić information content (AvgIpc) is 3.14. The summed E-state index contributed by atoms with van der Waals surface area (Å²) in [4.78, 5) is 38.9. The van der Waals surface area contributed by atoms with Crippen LogP contribution in [0.15, 0.2) is 9.64 Å². The molecule has 2 N–H and O–H groups in total. The fourth-order valence-electron chi connectivity index (χ4n) is 3.60. The first-order valence-corrected chi connectivity index (χ1v) is 11.9. The molecule has 1 fully saturated rings. The van der Waals surface area contributed by atoms with Crippen LogP contribution in [0.3, 0.4) is 0 Å². The van der Waals surface area contributed by atoms with E-state index in [1.165, 1.54) is 11.8 Å². The molecule has 1 heterocycles. The number of ether oxygens (including phenoxy) is 1. The van der Waals surface area contributed by atoms with Crippen molar-refractivity contribution in [1.82, 2.24) is 20.8 Å². The molecule has 1 aliphatic carbocycles. The number of aromatic nitrogens is 2. The highest BCUT2D eigenvalue weighted by Gasteiger charge is 2.43. The Balaban J connectivity index is 0.00000512. The predicted octanol–water partition coefficient (Wildman–Crippen LogP) is 4.22. The van der Waals surface area contributed by atoms with Crippen LogP contribution in [0.5, 0.6) is 0 Å². The molecule has 1 atom stereocenters. The summed E-state index contributed by atoms with van der Waals surface area (Å²) in [6.07, 6.45) is 5.08. The summed E-state index contributed by atoms with van der Waals surface area (Å²) >= 11 is 1.24. The number of thioether (sulfide) groups is 1. The van der Waals surface area contributed by atoms with Crippen LogP contribution in [0.25, 0.3) is 0 Å². The number of ketones is 1. The molecule has 10 heteroatoms. The average molecular weight is 459 g/mol. The van der Waals surface area contributed by atoms with Crippen molar-refractivity contribution in [2.75, 3.05) is 6.26 Å². The summed E-state index contributed by atoms with van der Waals surface area (Å²) in [6.45, 7) is 9.23. The topological polar surface area (TPSA) is 123 Å². The molecule has 1 aromatic heterocycles. The quantitative estimate of drug-likeness (QED) is 0.438. The Hall–Kier alpha value is -2.10. The standard InChI is InChI=1S/C21H34N4O5S.2H2/c1-13(2)12-14(15(26)16-24-25-19(29-16)31-6)22-17(27)21(10-8-7-9-11-21)23-18(28)30-20(3,4)5;;/h13-14H,7-12H2,1-6H3,(H,22,27)(H,23,28);2*1H/t14-;;/m0../s1. The van der Waals surface area contributed by atoms with Crippen LogP contribution in [0.4, 0.5) is 4.79 Å². The smallest absolute Gasteiger partial charge is 0.408 e. The number of amides is 2. The van der Waals surface area contributed by atoms with E-state index in [1.807, 2.05) is 13.8 Å². The third kappa shape index (κ3) is 7.22. The normalized spacial score (nSPS) is 17.1. The molecule has 2 rings (SSSR count). The molecule has 0 radical (unpaired) electrons. The molecule has 0 unspecified atom stereocenters. The predicted molar refractivity (Wildman–Crippen MR) is 121 cm³/mol. The first-order valence-electron chi connectivity index (χ1n) is 10.7. The van der Waals surface area contributed by atoms with Crippen molar-refractivity contribution in [1.29, 1.82) is 0 Å². The monoisotopic (exact) mass is 458 g/mol. The van der Waals surface area contributed by atoms with E-state index in [4.69, 9.17) is 9.15 Å². The molecule has 1 aromatic rings. The maximum absolute atomic E-state index is 13.4. The fraction of sp³-hybridized carbons (Fsp3) is 0.762. The van der Waals surface area contributed by atoms with Gasteiger partial charge in [0, 0.05) is 2.85 Å². The number of hydrogen-bond acceptors (Lipinski definition) is 8. The number of Topliss-reactive ketones (excluding diaryl/α,β-unsaturated/α-hetero) is 1. The van der Waals surface area contributed by atoms with E-state index in [9.17, 15) is 14.4 Å². The summed E-state index contributed by atoms with van der Waals surface area (Å²) in [5.41, 5.74) is -1.80. The van der Waals surface area contributed by atoms with Crippen molar-refractivity contribution >= 4 is 29.5 Å². The van der Waals surface area contributed by atoms with Crippen LogP contribution in [-0.4, -0.2) is 51.4 Å². The molecule has 0 aliphatic heterocycles. The van der Waals surface area contributed by atoms with Crippen LogP contribution >= 0.6 is 11.8 Å². The van der Waals surface area contributed by atoms with Gasteiger partial charge in [-0.2, -0.15) is 0 Å². The first-order chi connectivity index (χ1) is 14.5. The van der Waals surface area contributed by atoms with Gasteiger partial charge in [0.25, 0.3) is 11.1 Å². The summed E-state index contributed by atoms with van der Waals surface area (Å²) in [7, 11) is 0. The lowest BCUT2D eigenvalue weighted by Gasteiger charge is -2.38. The zero-order chi connectivity index (χ0) is 23.2. The van der Waals surface area contributed by atoms with Gasteiger partial charge in [0.15, 0.2) is 0 Å². The molecule has 0 spiro atoms. The number of carbonyl (C=O) groups is 3. The van der Waals surface area contributed by atoms with Crippen molar-refractivity contribution in [3.8, 4) is 0 Å². The maximum atomic E-state index is 13.4. The molecular formula is C21H38N4O5S. The minimum atomic E-state index is -1.12. The molecule has 0 saturated heterocycles. The Morgan fingerprint density at radius 3 is 2.35 bits per heavy atom.